The van der Waals surface area contributed by atoms with Gasteiger partial charge in [0.15, 0.2) is 0 Å². The summed E-state index contributed by atoms with van der Waals surface area (Å²) in [6.45, 7) is 1.99. The molecule has 0 atom stereocenters. The van der Waals surface area contributed by atoms with Crippen molar-refractivity contribution in [3.05, 3.63) is 41.1 Å². The lowest BCUT2D eigenvalue weighted by atomic mass is 10.1. The van der Waals surface area contributed by atoms with Gasteiger partial charge in [0.1, 0.15) is 6.33 Å². The highest BCUT2D eigenvalue weighted by Crippen LogP contribution is 2.23. The maximum absolute atomic E-state index is 4.29. The molecular weight excluding hydrogens is 218 g/mol. The molecule has 78 valence electrons. The zero-order valence-corrected chi connectivity index (χ0v) is 9.53. The Morgan fingerprint density at radius 3 is 2.88 bits per heavy atom. The van der Waals surface area contributed by atoms with Crippen LogP contribution < -0.4 is 0 Å². The SMILES string of the molecule is Cc1ncnc2cc(-c3cscn3)ccc12. The molecule has 0 unspecified atom stereocenters. The largest absolute Gasteiger partial charge is 0.245 e. The molecule has 0 spiro atoms. The lowest BCUT2D eigenvalue weighted by Gasteiger charge is -2.02. The highest BCUT2D eigenvalue weighted by atomic mass is 32.1. The molecule has 0 radical (unpaired) electrons. The molecule has 0 N–H and O–H groups in total. The number of rotatable bonds is 1. The fraction of sp³-hybridized carbons (Fsp3) is 0.0833. The van der Waals surface area contributed by atoms with E-state index < -0.39 is 0 Å². The van der Waals surface area contributed by atoms with E-state index in [0.29, 0.717) is 0 Å². The van der Waals surface area contributed by atoms with E-state index in [-0.39, 0.29) is 0 Å². The lowest BCUT2D eigenvalue weighted by Crippen LogP contribution is -1.87. The lowest BCUT2D eigenvalue weighted by molar-refractivity contribution is 1.15. The first-order valence-corrected chi connectivity index (χ1v) is 5.89. The highest BCUT2D eigenvalue weighted by molar-refractivity contribution is 7.07. The molecule has 0 saturated carbocycles. The molecule has 3 aromatic rings. The van der Waals surface area contributed by atoms with Crippen molar-refractivity contribution in [1.29, 1.82) is 0 Å². The summed E-state index contributed by atoms with van der Waals surface area (Å²) < 4.78 is 0. The van der Waals surface area contributed by atoms with Gasteiger partial charge in [0.05, 0.1) is 16.7 Å². The Labute approximate surface area is 96.8 Å². The molecule has 0 fully saturated rings. The number of fused-ring (bicyclic) bond motifs is 1. The second-order valence-corrected chi connectivity index (χ2v) is 4.28. The third-order valence-corrected chi connectivity index (χ3v) is 3.15. The number of aryl methyl sites for hydroxylation is 1. The predicted octanol–water partition coefficient (Wildman–Crippen LogP) is 3.06. The van der Waals surface area contributed by atoms with Crippen LogP contribution >= 0.6 is 11.3 Å². The van der Waals surface area contributed by atoms with E-state index in [2.05, 4.69) is 33.2 Å². The average molecular weight is 227 g/mol. The van der Waals surface area contributed by atoms with Gasteiger partial charge in [-0.15, -0.1) is 11.3 Å². The van der Waals surface area contributed by atoms with Crippen LogP contribution in [0.2, 0.25) is 0 Å². The van der Waals surface area contributed by atoms with Crippen molar-refractivity contribution in [2.75, 3.05) is 0 Å². The molecule has 0 bridgehead atoms. The molecule has 3 nitrogen and oxygen atoms in total. The molecule has 1 aromatic carbocycles. The van der Waals surface area contributed by atoms with E-state index in [9.17, 15) is 0 Å². The summed E-state index contributed by atoms with van der Waals surface area (Å²) in [5.41, 5.74) is 5.92. The molecule has 0 aliphatic carbocycles. The summed E-state index contributed by atoms with van der Waals surface area (Å²) in [5.74, 6) is 0. The van der Waals surface area contributed by atoms with Gasteiger partial charge in [-0.3, -0.25) is 0 Å². The Balaban J connectivity index is 2.24. The Bertz CT molecular complexity index is 632. The van der Waals surface area contributed by atoms with Crippen LogP contribution in [0.1, 0.15) is 5.69 Å². The van der Waals surface area contributed by atoms with Crippen molar-refractivity contribution < 1.29 is 0 Å². The topological polar surface area (TPSA) is 38.7 Å². The summed E-state index contributed by atoms with van der Waals surface area (Å²) in [6.07, 6.45) is 1.60. The fourth-order valence-corrected chi connectivity index (χ4v) is 2.27. The van der Waals surface area contributed by atoms with Gasteiger partial charge < -0.3 is 0 Å². The second-order valence-electron chi connectivity index (χ2n) is 3.56. The van der Waals surface area contributed by atoms with Crippen LogP contribution in [0.4, 0.5) is 0 Å². The summed E-state index contributed by atoms with van der Waals surface area (Å²) in [5, 5.41) is 3.14. The van der Waals surface area contributed by atoms with Crippen LogP contribution in [-0.2, 0) is 0 Å². The summed E-state index contributed by atoms with van der Waals surface area (Å²) in [6, 6.07) is 6.17. The standard InChI is InChI=1S/C12H9N3S/c1-8-10-3-2-9(12-5-16-7-15-12)4-11(10)14-6-13-8/h2-7H,1H3. The molecule has 0 aliphatic rings. The number of hydrogen-bond donors (Lipinski definition) is 0. The Morgan fingerprint density at radius 2 is 2.06 bits per heavy atom. The third kappa shape index (κ3) is 1.47. The van der Waals surface area contributed by atoms with Gasteiger partial charge in [-0.05, 0) is 13.0 Å². The van der Waals surface area contributed by atoms with Gasteiger partial charge in [0, 0.05) is 22.0 Å². The van der Waals surface area contributed by atoms with Crippen molar-refractivity contribution in [3.8, 4) is 11.3 Å². The molecule has 0 amide bonds. The van der Waals surface area contributed by atoms with E-state index in [1.165, 1.54) is 0 Å². The van der Waals surface area contributed by atoms with Gasteiger partial charge in [0.2, 0.25) is 0 Å². The number of nitrogens with zero attached hydrogens (tertiary/aromatic N) is 3. The molecule has 3 rings (SSSR count). The Hall–Kier alpha value is -1.81. The van der Waals surface area contributed by atoms with E-state index in [1.807, 2.05) is 17.8 Å². The van der Waals surface area contributed by atoms with Crippen molar-refractivity contribution in [1.82, 2.24) is 15.0 Å². The smallest absolute Gasteiger partial charge is 0.116 e. The minimum absolute atomic E-state index is 0.970. The van der Waals surface area contributed by atoms with Crippen LogP contribution in [0.5, 0.6) is 0 Å². The van der Waals surface area contributed by atoms with Crippen molar-refractivity contribution in [2.45, 2.75) is 6.92 Å². The highest BCUT2D eigenvalue weighted by Gasteiger charge is 2.03. The molecule has 2 aromatic heterocycles. The Kier molecular flexibility index (Phi) is 2.15. The first-order valence-electron chi connectivity index (χ1n) is 4.94. The summed E-state index contributed by atoms with van der Waals surface area (Å²) in [4.78, 5) is 12.7. The van der Waals surface area contributed by atoms with E-state index >= 15 is 0 Å². The number of hydrogen-bond acceptors (Lipinski definition) is 4. The van der Waals surface area contributed by atoms with Crippen LogP contribution in [0.15, 0.2) is 35.4 Å². The van der Waals surface area contributed by atoms with Crippen LogP contribution in [-0.4, -0.2) is 15.0 Å². The summed E-state index contributed by atoms with van der Waals surface area (Å²) >= 11 is 1.60. The van der Waals surface area contributed by atoms with E-state index in [1.54, 1.807) is 17.7 Å². The van der Waals surface area contributed by atoms with Crippen molar-refractivity contribution >= 4 is 22.2 Å². The molecule has 16 heavy (non-hydrogen) atoms. The normalized spacial score (nSPS) is 10.8. The van der Waals surface area contributed by atoms with Gasteiger partial charge in [-0.1, -0.05) is 12.1 Å². The molecule has 0 aliphatic heterocycles. The van der Waals surface area contributed by atoms with Gasteiger partial charge in [-0.25, -0.2) is 15.0 Å². The average Bonchev–Trinajstić information content (AvgIpc) is 2.82. The summed E-state index contributed by atoms with van der Waals surface area (Å²) in [7, 11) is 0. The number of benzene rings is 1. The van der Waals surface area contributed by atoms with Crippen LogP contribution in [0.3, 0.4) is 0 Å². The Morgan fingerprint density at radius 1 is 1.12 bits per heavy atom. The zero-order chi connectivity index (χ0) is 11.0. The van der Waals surface area contributed by atoms with Gasteiger partial charge in [-0.2, -0.15) is 0 Å². The van der Waals surface area contributed by atoms with Gasteiger partial charge in [0.25, 0.3) is 0 Å². The first kappa shape index (κ1) is 9.42. The van der Waals surface area contributed by atoms with E-state index in [4.69, 9.17) is 0 Å². The maximum atomic E-state index is 4.29. The molecule has 0 saturated heterocycles. The predicted molar refractivity (Wildman–Crippen MR) is 65.4 cm³/mol. The second kappa shape index (κ2) is 3.64. The van der Waals surface area contributed by atoms with Crippen molar-refractivity contribution in [3.63, 3.8) is 0 Å². The van der Waals surface area contributed by atoms with Gasteiger partial charge >= 0.3 is 0 Å². The van der Waals surface area contributed by atoms with Crippen molar-refractivity contribution in [2.24, 2.45) is 0 Å². The van der Waals surface area contributed by atoms with Crippen LogP contribution in [0, 0.1) is 6.92 Å². The number of aromatic nitrogens is 3. The fourth-order valence-electron chi connectivity index (χ4n) is 1.71. The third-order valence-electron chi connectivity index (χ3n) is 2.56. The quantitative estimate of drug-likeness (QED) is 0.641. The monoisotopic (exact) mass is 227 g/mol. The van der Waals surface area contributed by atoms with E-state index in [0.717, 1.165) is 27.9 Å². The minimum Gasteiger partial charge on any atom is -0.245 e. The number of thiazole rings is 1. The minimum atomic E-state index is 0.970. The first-order chi connectivity index (χ1) is 7.84. The maximum Gasteiger partial charge on any atom is 0.116 e. The molecular formula is C12H9N3S. The molecule has 4 heteroatoms. The molecule has 2 heterocycles. The van der Waals surface area contributed by atoms with Crippen LogP contribution in [0.25, 0.3) is 22.2 Å². The zero-order valence-electron chi connectivity index (χ0n) is 8.71.